The van der Waals surface area contributed by atoms with Crippen molar-refractivity contribution in [2.75, 3.05) is 6.54 Å². The van der Waals surface area contributed by atoms with Gasteiger partial charge >= 0.3 is 0 Å². The van der Waals surface area contributed by atoms with Gasteiger partial charge in [-0.3, -0.25) is 0 Å². The third-order valence-corrected chi connectivity index (χ3v) is 2.75. The van der Waals surface area contributed by atoms with Gasteiger partial charge in [0, 0.05) is 37.1 Å². The lowest BCUT2D eigenvalue weighted by Gasteiger charge is -2.08. The number of nitrogens with zero attached hydrogens (tertiary/aromatic N) is 1. The predicted octanol–water partition coefficient (Wildman–Crippen LogP) is 1.04. The molecule has 0 aliphatic rings. The van der Waals surface area contributed by atoms with E-state index in [9.17, 15) is 5.11 Å². The van der Waals surface area contributed by atoms with Crippen molar-refractivity contribution < 1.29 is 5.11 Å². The van der Waals surface area contributed by atoms with E-state index in [1.165, 1.54) is 10.9 Å². The van der Waals surface area contributed by atoms with Crippen LogP contribution in [0.15, 0.2) is 30.5 Å². The molecule has 0 amide bonds. The summed E-state index contributed by atoms with van der Waals surface area (Å²) in [6.45, 7) is 0.309. The van der Waals surface area contributed by atoms with Crippen LogP contribution in [0.2, 0.25) is 0 Å². The Morgan fingerprint density at radius 1 is 1.40 bits per heavy atom. The van der Waals surface area contributed by atoms with Gasteiger partial charge in [0.1, 0.15) is 0 Å². The molecule has 1 unspecified atom stereocenters. The Bertz CT molecular complexity index is 462. The molecule has 3 nitrogen and oxygen atoms in total. The average Bonchev–Trinajstić information content (AvgIpc) is 2.62. The van der Waals surface area contributed by atoms with E-state index in [4.69, 9.17) is 5.73 Å². The van der Waals surface area contributed by atoms with E-state index in [1.807, 2.05) is 25.4 Å². The molecule has 0 bridgehead atoms. The first kappa shape index (κ1) is 10.2. The summed E-state index contributed by atoms with van der Waals surface area (Å²) in [4.78, 5) is 0. The fraction of sp³-hybridized carbons (Fsp3) is 0.333. The summed E-state index contributed by atoms with van der Waals surface area (Å²) < 4.78 is 2.08. The Balaban J connectivity index is 2.43. The van der Waals surface area contributed by atoms with E-state index >= 15 is 0 Å². The van der Waals surface area contributed by atoms with Crippen LogP contribution < -0.4 is 5.73 Å². The lowest BCUT2D eigenvalue weighted by atomic mass is 10.0. The SMILES string of the molecule is Cn1ccc2c(CC(O)CN)cccc21. The van der Waals surface area contributed by atoms with Crippen molar-refractivity contribution in [3.8, 4) is 0 Å². The van der Waals surface area contributed by atoms with Crippen molar-refractivity contribution in [2.24, 2.45) is 12.8 Å². The van der Waals surface area contributed by atoms with Crippen LogP contribution in [0.1, 0.15) is 5.56 Å². The molecule has 2 rings (SSSR count). The maximum Gasteiger partial charge on any atom is 0.0702 e. The number of rotatable bonds is 3. The molecular formula is C12H16N2O. The van der Waals surface area contributed by atoms with Gasteiger partial charge < -0.3 is 15.4 Å². The highest BCUT2D eigenvalue weighted by molar-refractivity contribution is 5.83. The first-order valence-corrected chi connectivity index (χ1v) is 5.13. The number of benzene rings is 1. The standard InChI is InChI=1S/C12H16N2O/c1-14-6-5-11-9(7-10(15)8-13)3-2-4-12(11)14/h2-6,10,15H,7-8,13H2,1H3. The zero-order valence-corrected chi connectivity index (χ0v) is 8.85. The molecule has 3 heteroatoms. The summed E-state index contributed by atoms with van der Waals surface area (Å²) in [6.07, 6.45) is 2.21. The van der Waals surface area contributed by atoms with E-state index in [-0.39, 0.29) is 0 Å². The van der Waals surface area contributed by atoms with Crippen molar-refractivity contribution in [2.45, 2.75) is 12.5 Å². The van der Waals surface area contributed by atoms with Gasteiger partial charge in [0.05, 0.1) is 6.10 Å². The van der Waals surface area contributed by atoms with Crippen molar-refractivity contribution in [1.82, 2.24) is 4.57 Å². The van der Waals surface area contributed by atoms with Crippen LogP contribution in [0.25, 0.3) is 10.9 Å². The third-order valence-electron chi connectivity index (χ3n) is 2.75. The van der Waals surface area contributed by atoms with Crippen LogP contribution in [0.5, 0.6) is 0 Å². The van der Waals surface area contributed by atoms with Gasteiger partial charge in [-0.05, 0) is 17.7 Å². The molecule has 3 N–H and O–H groups in total. The zero-order valence-electron chi connectivity index (χ0n) is 8.85. The van der Waals surface area contributed by atoms with Crippen LogP contribution in [-0.4, -0.2) is 22.3 Å². The largest absolute Gasteiger partial charge is 0.391 e. The molecule has 1 aromatic heterocycles. The molecule has 0 spiro atoms. The van der Waals surface area contributed by atoms with Crippen LogP contribution in [0.4, 0.5) is 0 Å². The summed E-state index contributed by atoms with van der Waals surface area (Å²) >= 11 is 0. The quantitative estimate of drug-likeness (QED) is 0.785. The topological polar surface area (TPSA) is 51.2 Å². The Hall–Kier alpha value is -1.32. The first-order valence-electron chi connectivity index (χ1n) is 5.13. The Morgan fingerprint density at radius 2 is 2.20 bits per heavy atom. The normalized spacial score (nSPS) is 13.3. The number of aromatic nitrogens is 1. The summed E-state index contributed by atoms with van der Waals surface area (Å²) in [7, 11) is 2.02. The summed E-state index contributed by atoms with van der Waals surface area (Å²) in [5.74, 6) is 0. The smallest absolute Gasteiger partial charge is 0.0702 e. The Kier molecular flexibility index (Phi) is 2.75. The highest BCUT2D eigenvalue weighted by Gasteiger charge is 2.07. The molecule has 1 heterocycles. The molecular weight excluding hydrogens is 188 g/mol. The number of nitrogens with two attached hydrogens (primary N) is 1. The summed E-state index contributed by atoms with van der Waals surface area (Å²) in [5.41, 5.74) is 7.76. The van der Waals surface area contributed by atoms with Gasteiger partial charge in [0.25, 0.3) is 0 Å². The van der Waals surface area contributed by atoms with Gasteiger partial charge in [-0.1, -0.05) is 12.1 Å². The number of aryl methyl sites for hydroxylation is 1. The molecule has 80 valence electrons. The molecule has 0 aliphatic carbocycles. The van der Waals surface area contributed by atoms with Gasteiger partial charge in [-0.2, -0.15) is 0 Å². The fourth-order valence-corrected chi connectivity index (χ4v) is 1.88. The van der Waals surface area contributed by atoms with Crippen molar-refractivity contribution in [1.29, 1.82) is 0 Å². The summed E-state index contributed by atoms with van der Waals surface area (Å²) in [5, 5.41) is 10.7. The second kappa shape index (κ2) is 4.04. The van der Waals surface area contributed by atoms with Crippen LogP contribution in [0.3, 0.4) is 0 Å². The molecule has 0 aliphatic heterocycles. The van der Waals surface area contributed by atoms with Gasteiger partial charge in [-0.15, -0.1) is 0 Å². The lowest BCUT2D eigenvalue weighted by Crippen LogP contribution is -2.22. The molecule has 0 fully saturated rings. The first-order chi connectivity index (χ1) is 7.22. The average molecular weight is 204 g/mol. The molecule has 1 atom stereocenters. The highest BCUT2D eigenvalue weighted by atomic mass is 16.3. The maximum absolute atomic E-state index is 9.55. The number of hydrogen-bond donors (Lipinski definition) is 2. The molecule has 0 saturated carbocycles. The summed E-state index contributed by atoms with van der Waals surface area (Å²) in [6, 6.07) is 8.21. The van der Waals surface area contributed by atoms with E-state index in [0.29, 0.717) is 13.0 Å². The predicted molar refractivity (Wildman–Crippen MR) is 61.7 cm³/mol. The number of aliphatic hydroxyl groups excluding tert-OH is 1. The molecule has 0 radical (unpaired) electrons. The van der Waals surface area contributed by atoms with Crippen LogP contribution in [-0.2, 0) is 13.5 Å². The van der Waals surface area contributed by atoms with Gasteiger partial charge in [0.2, 0.25) is 0 Å². The maximum atomic E-state index is 9.55. The van der Waals surface area contributed by atoms with Gasteiger partial charge in [-0.25, -0.2) is 0 Å². The van der Waals surface area contributed by atoms with Crippen molar-refractivity contribution >= 4 is 10.9 Å². The minimum Gasteiger partial charge on any atom is -0.391 e. The molecule has 2 aromatic rings. The zero-order chi connectivity index (χ0) is 10.8. The van der Waals surface area contributed by atoms with Crippen molar-refractivity contribution in [3.63, 3.8) is 0 Å². The fourth-order valence-electron chi connectivity index (χ4n) is 1.88. The van der Waals surface area contributed by atoms with Crippen LogP contribution >= 0.6 is 0 Å². The molecule has 1 aromatic carbocycles. The van der Waals surface area contributed by atoms with E-state index in [0.717, 1.165) is 5.56 Å². The van der Waals surface area contributed by atoms with E-state index in [1.54, 1.807) is 0 Å². The lowest BCUT2D eigenvalue weighted by molar-refractivity contribution is 0.184. The third kappa shape index (κ3) is 1.89. The van der Waals surface area contributed by atoms with E-state index in [2.05, 4.69) is 16.7 Å². The Labute approximate surface area is 89.1 Å². The van der Waals surface area contributed by atoms with Crippen molar-refractivity contribution in [3.05, 3.63) is 36.0 Å². The highest BCUT2D eigenvalue weighted by Crippen LogP contribution is 2.20. The number of fused-ring (bicyclic) bond motifs is 1. The monoisotopic (exact) mass is 204 g/mol. The van der Waals surface area contributed by atoms with Crippen LogP contribution in [0, 0.1) is 0 Å². The molecule has 15 heavy (non-hydrogen) atoms. The number of hydrogen-bond acceptors (Lipinski definition) is 2. The van der Waals surface area contributed by atoms with E-state index < -0.39 is 6.10 Å². The van der Waals surface area contributed by atoms with Gasteiger partial charge in [0.15, 0.2) is 0 Å². The second-order valence-corrected chi connectivity index (χ2v) is 3.87. The molecule has 0 saturated heterocycles. The minimum atomic E-state index is -0.448. The Morgan fingerprint density at radius 3 is 2.93 bits per heavy atom. The second-order valence-electron chi connectivity index (χ2n) is 3.87. The number of aliphatic hydroxyl groups is 1. The minimum absolute atomic E-state index is 0.309.